The molecule has 1 aliphatic rings. The fourth-order valence-corrected chi connectivity index (χ4v) is 1.99. The molecule has 2 N–H and O–H groups in total. The Labute approximate surface area is 106 Å². The van der Waals surface area contributed by atoms with Crippen LogP contribution in [0.15, 0.2) is 0 Å². The number of likely N-dealkylation sites (tertiary alicyclic amines) is 1. The smallest absolute Gasteiger partial charge is 0.303 e. The summed E-state index contributed by atoms with van der Waals surface area (Å²) in [6.07, 6.45) is 2.71. The predicted octanol–water partition coefficient (Wildman–Crippen LogP) is 0.368. The minimum atomic E-state index is -0.831. The van der Waals surface area contributed by atoms with Gasteiger partial charge in [0.15, 0.2) is 0 Å². The van der Waals surface area contributed by atoms with Gasteiger partial charge in [-0.15, -0.1) is 0 Å². The standard InChI is InChI=1S/C12H20N2O4/c1-14-8-9(6-7-11(14)16)13-10(15)4-2-3-5-12(17)18/h9H,2-8H2,1H3,(H,13,15)(H,17,18). The monoisotopic (exact) mass is 256 g/mol. The zero-order chi connectivity index (χ0) is 13.5. The molecular formula is C12H20N2O4. The highest BCUT2D eigenvalue weighted by Crippen LogP contribution is 2.10. The zero-order valence-corrected chi connectivity index (χ0v) is 10.6. The third kappa shape index (κ3) is 5.16. The maximum atomic E-state index is 11.6. The van der Waals surface area contributed by atoms with E-state index in [4.69, 9.17) is 5.11 Å². The van der Waals surface area contributed by atoms with Crippen molar-refractivity contribution in [1.82, 2.24) is 10.2 Å². The molecule has 1 atom stereocenters. The van der Waals surface area contributed by atoms with Crippen molar-refractivity contribution in [2.24, 2.45) is 0 Å². The lowest BCUT2D eigenvalue weighted by atomic mass is 10.1. The number of hydrogen-bond acceptors (Lipinski definition) is 3. The van der Waals surface area contributed by atoms with Crippen LogP contribution in [0.2, 0.25) is 0 Å². The number of rotatable bonds is 6. The molecule has 1 aliphatic heterocycles. The van der Waals surface area contributed by atoms with E-state index >= 15 is 0 Å². The van der Waals surface area contributed by atoms with Crippen LogP contribution in [0.3, 0.4) is 0 Å². The Bertz CT molecular complexity index is 330. The Morgan fingerprint density at radius 1 is 1.39 bits per heavy atom. The molecule has 0 aliphatic carbocycles. The summed E-state index contributed by atoms with van der Waals surface area (Å²) in [5.74, 6) is -0.780. The summed E-state index contributed by atoms with van der Waals surface area (Å²) in [5, 5.41) is 11.3. The van der Waals surface area contributed by atoms with E-state index in [0.29, 0.717) is 38.6 Å². The topological polar surface area (TPSA) is 86.7 Å². The Hall–Kier alpha value is -1.59. The van der Waals surface area contributed by atoms with Crippen LogP contribution in [0.1, 0.15) is 38.5 Å². The van der Waals surface area contributed by atoms with E-state index in [9.17, 15) is 14.4 Å². The van der Waals surface area contributed by atoms with Crippen LogP contribution in [0, 0.1) is 0 Å². The van der Waals surface area contributed by atoms with Crippen LogP contribution >= 0.6 is 0 Å². The van der Waals surface area contributed by atoms with E-state index in [-0.39, 0.29) is 24.3 Å². The van der Waals surface area contributed by atoms with Crippen molar-refractivity contribution in [2.45, 2.75) is 44.6 Å². The minimum absolute atomic E-state index is 0.0275. The summed E-state index contributed by atoms with van der Waals surface area (Å²) in [7, 11) is 1.73. The Balaban J connectivity index is 2.16. The van der Waals surface area contributed by atoms with Crippen molar-refractivity contribution in [3.8, 4) is 0 Å². The number of carbonyl (C=O) groups is 3. The molecule has 0 aromatic heterocycles. The van der Waals surface area contributed by atoms with Gasteiger partial charge in [0.2, 0.25) is 11.8 Å². The van der Waals surface area contributed by atoms with Gasteiger partial charge in [-0.1, -0.05) is 0 Å². The van der Waals surface area contributed by atoms with Crippen molar-refractivity contribution in [3.63, 3.8) is 0 Å². The molecule has 2 amide bonds. The Morgan fingerprint density at radius 3 is 2.67 bits per heavy atom. The van der Waals surface area contributed by atoms with Gasteiger partial charge in [-0.25, -0.2) is 0 Å². The highest BCUT2D eigenvalue weighted by molar-refractivity contribution is 5.79. The number of piperidine rings is 1. The molecule has 0 bridgehead atoms. The van der Waals surface area contributed by atoms with E-state index in [2.05, 4.69) is 5.32 Å². The fourth-order valence-electron chi connectivity index (χ4n) is 1.99. The highest BCUT2D eigenvalue weighted by atomic mass is 16.4. The van der Waals surface area contributed by atoms with Gasteiger partial charge in [0, 0.05) is 38.9 Å². The molecular weight excluding hydrogens is 236 g/mol. The van der Waals surface area contributed by atoms with Crippen molar-refractivity contribution >= 4 is 17.8 Å². The van der Waals surface area contributed by atoms with Gasteiger partial charge in [-0.05, 0) is 19.3 Å². The number of carboxylic acid groups (broad SMARTS) is 1. The van der Waals surface area contributed by atoms with E-state index in [1.165, 1.54) is 0 Å². The van der Waals surface area contributed by atoms with Crippen LogP contribution in [0.5, 0.6) is 0 Å². The number of amides is 2. The summed E-state index contributed by atoms with van der Waals surface area (Å²) in [6.45, 7) is 0.555. The third-order valence-corrected chi connectivity index (χ3v) is 3.04. The van der Waals surface area contributed by atoms with Gasteiger partial charge in [0.25, 0.3) is 0 Å². The number of carboxylic acids is 1. The number of nitrogens with one attached hydrogen (secondary N) is 1. The van der Waals surface area contributed by atoms with Crippen LogP contribution < -0.4 is 5.32 Å². The van der Waals surface area contributed by atoms with Gasteiger partial charge in [0.1, 0.15) is 0 Å². The SMILES string of the molecule is CN1CC(NC(=O)CCCCC(=O)O)CCC1=O. The molecule has 1 rings (SSSR count). The summed E-state index contributed by atoms with van der Waals surface area (Å²) < 4.78 is 0. The quantitative estimate of drug-likeness (QED) is 0.672. The fraction of sp³-hybridized carbons (Fsp3) is 0.750. The third-order valence-electron chi connectivity index (χ3n) is 3.04. The summed E-state index contributed by atoms with van der Waals surface area (Å²) >= 11 is 0. The zero-order valence-electron chi connectivity index (χ0n) is 10.6. The van der Waals surface area contributed by atoms with Crippen molar-refractivity contribution in [1.29, 1.82) is 0 Å². The molecule has 18 heavy (non-hydrogen) atoms. The lowest BCUT2D eigenvalue weighted by Gasteiger charge is -2.30. The Kier molecular flexibility index (Phi) is 5.61. The van der Waals surface area contributed by atoms with Crippen LogP contribution in [-0.4, -0.2) is 47.4 Å². The van der Waals surface area contributed by atoms with E-state index < -0.39 is 5.97 Å². The van der Waals surface area contributed by atoms with Gasteiger partial charge in [-0.2, -0.15) is 0 Å². The molecule has 6 nitrogen and oxygen atoms in total. The van der Waals surface area contributed by atoms with E-state index in [1.54, 1.807) is 11.9 Å². The number of aliphatic carboxylic acids is 1. The normalized spacial score (nSPS) is 19.7. The first-order valence-electron chi connectivity index (χ1n) is 6.24. The number of carbonyl (C=O) groups excluding carboxylic acids is 2. The molecule has 0 radical (unpaired) electrons. The first-order chi connectivity index (χ1) is 8.49. The van der Waals surface area contributed by atoms with Crippen molar-refractivity contribution in [2.75, 3.05) is 13.6 Å². The largest absolute Gasteiger partial charge is 0.481 e. The van der Waals surface area contributed by atoms with Crippen LogP contribution in [-0.2, 0) is 14.4 Å². The van der Waals surface area contributed by atoms with Gasteiger partial charge >= 0.3 is 5.97 Å². The molecule has 1 saturated heterocycles. The number of nitrogens with zero attached hydrogens (tertiary/aromatic N) is 1. The molecule has 0 aromatic carbocycles. The molecule has 0 saturated carbocycles. The average Bonchev–Trinajstić information content (AvgIpc) is 2.29. The lowest BCUT2D eigenvalue weighted by Crippen LogP contribution is -2.48. The van der Waals surface area contributed by atoms with Gasteiger partial charge < -0.3 is 15.3 Å². The van der Waals surface area contributed by atoms with Gasteiger partial charge in [-0.3, -0.25) is 14.4 Å². The summed E-state index contributed by atoms with van der Waals surface area (Å²) in [6, 6.07) is 0.0275. The first kappa shape index (κ1) is 14.5. The maximum absolute atomic E-state index is 11.6. The molecule has 1 fully saturated rings. The lowest BCUT2D eigenvalue weighted by molar-refractivity contribution is -0.137. The van der Waals surface area contributed by atoms with E-state index in [1.807, 2.05) is 0 Å². The summed E-state index contributed by atoms with van der Waals surface area (Å²) in [5.41, 5.74) is 0. The van der Waals surface area contributed by atoms with E-state index in [0.717, 1.165) is 0 Å². The summed E-state index contributed by atoms with van der Waals surface area (Å²) in [4.78, 5) is 34.8. The second-order valence-electron chi connectivity index (χ2n) is 4.68. The Morgan fingerprint density at radius 2 is 2.06 bits per heavy atom. The molecule has 0 aromatic rings. The molecule has 6 heteroatoms. The first-order valence-corrected chi connectivity index (χ1v) is 6.24. The highest BCUT2D eigenvalue weighted by Gasteiger charge is 2.23. The minimum Gasteiger partial charge on any atom is -0.481 e. The maximum Gasteiger partial charge on any atom is 0.303 e. The van der Waals surface area contributed by atoms with Crippen LogP contribution in [0.4, 0.5) is 0 Å². The van der Waals surface area contributed by atoms with Crippen molar-refractivity contribution in [3.05, 3.63) is 0 Å². The number of hydrogen-bond donors (Lipinski definition) is 2. The second kappa shape index (κ2) is 6.98. The molecule has 0 spiro atoms. The van der Waals surface area contributed by atoms with Gasteiger partial charge in [0.05, 0.1) is 0 Å². The van der Waals surface area contributed by atoms with Crippen LogP contribution in [0.25, 0.3) is 0 Å². The predicted molar refractivity (Wildman–Crippen MR) is 64.9 cm³/mol. The second-order valence-corrected chi connectivity index (χ2v) is 4.68. The molecule has 1 unspecified atom stereocenters. The van der Waals surface area contributed by atoms with Crippen molar-refractivity contribution < 1.29 is 19.5 Å². The molecule has 1 heterocycles. The number of unbranched alkanes of at least 4 members (excludes halogenated alkanes) is 1. The average molecular weight is 256 g/mol. The molecule has 102 valence electrons. The number of likely N-dealkylation sites (N-methyl/N-ethyl adjacent to an activating group) is 1.